The largest absolute Gasteiger partial charge is 0.444 e. The smallest absolute Gasteiger partial charge is 0.277 e. The predicted molar refractivity (Wildman–Crippen MR) is 123 cm³/mol. The van der Waals surface area contributed by atoms with Gasteiger partial charge in [0.15, 0.2) is 5.69 Å². The molecular weight excluding hydrogens is 411 g/mol. The number of halogens is 1. The van der Waals surface area contributed by atoms with Crippen LogP contribution in [0.1, 0.15) is 34.6 Å². The van der Waals surface area contributed by atoms with E-state index < -0.39 is 12.1 Å². The van der Waals surface area contributed by atoms with Crippen LogP contribution < -0.4 is 16.0 Å². The number of nitrogens with two attached hydrogens (primary N) is 1. The fraction of sp³-hybridized carbons (Fsp3) is 0.304. The molecule has 0 bridgehead atoms. The zero-order valence-electron chi connectivity index (χ0n) is 18.0. The zero-order chi connectivity index (χ0) is 22.7. The molecule has 9 heteroatoms. The fourth-order valence-electron chi connectivity index (χ4n) is 3.70. The number of amides is 1. The van der Waals surface area contributed by atoms with E-state index in [2.05, 4.69) is 20.3 Å². The van der Waals surface area contributed by atoms with Crippen LogP contribution in [0, 0.1) is 6.92 Å². The number of carbonyl (C=O) groups is 1. The molecule has 1 aliphatic heterocycles. The van der Waals surface area contributed by atoms with E-state index in [1.54, 1.807) is 37.7 Å². The molecular formula is C23H25FN6O2. The maximum Gasteiger partial charge on any atom is 0.277 e. The number of nitrogens with zero attached hydrogens (tertiary/aromatic N) is 4. The first-order chi connectivity index (χ1) is 15.4. The molecule has 1 aromatic carbocycles. The summed E-state index contributed by atoms with van der Waals surface area (Å²) in [5.74, 6) is -0.0847. The van der Waals surface area contributed by atoms with Gasteiger partial charge in [-0.2, -0.15) is 0 Å². The Labute approximate surface area is 185 Å². The van der Waals surface area contributed by atoms with E-state index in [-0.39, 0.29) is 5.69 Å². The third-order valence-corrected chi connectivity index (χ3v) is 5.36. The van der Waals surface area contributed by atoms with Gasteiger partial charge in [0, 0.05) is 55.1 Å². The minimum Gasteiger partial charge on any atom is -0.444 e. The summed E-state index contributed by atoms with van der Waals surface area (Å²) in [4.78, 5) is 27.5. The second-order valence-electron chi connectivity index (χ2n) is 7.73. The quantitative estimate of drug-likeness (QED) is 0.464. The number of benzene rings is 1. The van der Waals surface area contributed by atoms with Crippen molar-refractivity contribution in [2.45, 2.75) is 25.9 Å². The highest BCUT2D eigenvalue weighted by Crippen LogP contribution is 2.33. The van der Waals surface area contributed by atoms with E-state index >= 15 is 0 Å². The van der Waals surface area contributed by atoms with Gasteiger partial charge in [-0.3, -0.25) is 14.8 Å². The lowest BCUT2D eigenvalue weighted by Gasteiger charge is -2.32. The summed E-state index contributed by atoms with van der Waals surface area (Å²) < 4.78 is 19.2. The Morgan fingerprint density at radius 3 is 2.84 bits per heavy atom. The number of aryl methyl sites for hydroxylation is 1. The van der Waals surface area contributed by atoms with Crippen LogP contribution in [0.15, 0.2) is 46.1 Å². The number of alkyl halides is 1. The number of piperidine rings is 1. The molecule has 0 saturated carbocycles. The van der Waals surface area contributed by atoms with Crippen LogP contribution in [0.2, 0.25) is 0 Å². The summed E-state index contributed by atoms with van der Waals surface area (Å²) in [6, 6.07) is 7.16. The number of pyridine rings is 1. The van der Waals surface area contributed by atoms with Crippen LogP contribution in [-0.4, -0.2) is 48.4 Å². The highest BCUT2D eigenvalue weighted by molar-refractivity contribution is 6.06. The molecule has 2 aromatic heterocycles. The minimum absolute atomic E-state index is 0.144. The van der Waals surface area contributed by atoms with E-state index in [1.165, 1.54) is 6.26 Å². The second kappa shape index (κ2) is 9.17. The van der Waals surface area contributed by atoms with Gasteiger partial charge in [0.1, 0.15) is 12.4 Å². The maximum atomic E-state index is 13.7. The van der Waals surface area contributed by atoms with Gasteiger partial charge >= 0.3 is 0 Å². The third kappa shape index (κ3) is 4.61. The number of aliphatic imine (C=N–C) groups is 1. The Morgan fingerprint density at radius 2 is 2.12 bits per heavy atom. The van der Waals surface area contributed by atoms with Crippen molar-refractivity contribution in [3.8, 4) is 11.5 Å². The molecule has 3 aromatic rings. The number of anilines is 3. The summed E-state index contributed by atoms with van der Waals surface area (Å²) in [5, 5.41) is 2.91. The first-order valence-corrected chi connectivity index (χ1v) is 10.4. The van der Waals surface area contributed by atoms with E-state index in [0.29, 0.717) is 48.8 Å². The van der Waals surface area contributed by atoms with Gasteiger partial charge in [0.05, 0.1) is 11.4 Å². The van der Waals surface area contributed by atoms with Gasteiger partial charge in [0.2, 0.25) is 5.89 Å². The van der Waals surface area contributed by atoms with E-state index in [4.69, 9.17) is 10.2 Å². The Bertz CT molecular complexity index is 1150. The Kier molecular flexibility index (Phi) is 6.16. The number of aromatic nitrogens is 2. The molecule has 0 unspecified atom stereocenters. The molecule has 8 nitrogen and oxygen atoms in total. The lowest BCUT2D eigenvalue weighted by Crippen LogP contribution is -2.35. The molecule has 32 heavy (non-hydrogen) atoms. The molecule has 1 aliphatic rings. The lowest BCUT2D eigenvalue weighted by molar-refractivity contribution is 0.102. The van der Waals surface area contributed by atoms with Crippen molar-refractivity contribution in [3.63, 3.8) is 0 Å². The van der Waals surface area contributed by atoms with Gasteiger partial charge in [0.25, 0.3) is 5.91 Å². The molecule has 3 N–H and O–H groups in total. The van der Waals surface area contributed by atoms with Crippen molar-refractivity contribution in [1.29, 1.82) is 0 Å². The Morgan fingerprint density at radius 1 is 1.34 bits per heavy atom. The average molecular weight is 436 g/mol. The van der Waals surface area contributed by atoms with Crippen molar-refractivity contribution in [2.24, 2.45) is 4.99 Å². The number of nitrogen functional groups attached to an aromatic ring is 1. The SMILES string of the molecule is CN=Cc1cc(NC(=O)c2coc(-c3ccnc(C)c3)n2)c(N2CCC(F)CC2)cc1N. The molecule has 1 fully saturated rings. The van der Waals surface area contributed by atoms with E-state index in [1.807, 2.05) is 17.9 Å². The first-order valence-electron chi connectivity index (χ1n) is 10.4. The summed E-state index contributed by atoms with van der Waals surface area (Å²) in [6.07, 6.45) is 4.67. The number of carbonyl (C=O) groups excluding carboxylic acids is 1. The van der Waals surface area contributed by atoms with Gasteiger partial charge in [-0.15, -0.1) is 0 Å². The van der Waals surface area contributed by atoms with Crippen molar-refractivity contribution in [1.82, 2.24) is 9.97 Å². The summed E-state index contributed by atoms with van der Waals surface area (Å²) in [5.41, 5.74) is 10.4. The minimum atomic E-state index is -0.807. The van der Waals surface area contributed by atoms with E-state index in [0.717, 1.165) is 16.9 Å². The van der Waals surface area contributed by atoms with Crippen LogP contribution in [0.4, 0.5) is 21.5 Å². The number of nitrogens with one attached hydrogen (secondary N) is 1. The molecule has 0 spiro atoms. The van der Waals surface area contributed by atoms with Gasteiger partial charge in [-0.25, -0.2) is 9.37 Å². The predicted octanol–water partition coefficient (Wildman–Crippen LogP) is 3.87. The number of hydrogen-bond donors (Lipinski definition) is 2. The van der Waals surface area contributed by atoms with Crippen molar-refractivity contribution >= 4 is 29.2 Å². The maximum absolute atomic E-state index is 13.7. The van der Waals surface area contributed by atoms with Crippen LogP contribution in [0.25, 0.3) is 11.5 Å². The molecule has 4 rings (SSSR count). The fourth-order valence-corrected chi connectivity index (χ4v) is 3.70. The normalized spacial score (nSPS) is 14.8. The highest BCUT2D eigenvalue weighted by Gasteiger charge is 2.23. The summed E-state index contributed by atoms with van der Waals surface area (Å²) >= 11 is 0. The van der Waals surface area contributed by atoms with Crippen LogP contribution in [0.5, 0.6) is 0 Å². The third-order valence-electron chi connectivity index (χ3n) is 5.36. The first kappa shape index (κ1) is 21.5. The summed E-state index contributed by atoms with van der Waals surface area (Å²) in [7, 11) is 1.65. The molecule has 1 amide bonds. The van der Waals surface area contributed by atoms with Gasteiger partial charge in [-0.1, -0.05) is 0 Å². The monoisotopic (exact) mass is 436 g/mol. The second-order valence-corrected chi connectivity index (χ2v) is 7.73. The van der Waals surface area contributed by atoms with Crippen molar-refractivity contribution in [3.05, 3.63) is 53.7 Å². The van der Waals surface area contributed by atoms with Crippen LogP contribution in [-0.2, 0) is 0 Å². The molecule has 0 atom stereocenters. The number of rotatable bonds is 5. The number of oxazole rings is 1. The van der Waals surface area contributed by atoms with E-state index in [9.17, 15) is 9.18 Å². The number of hydrogen-bond acceptors (Lipinski definition) is 7. The van der Waals surface area contributed by atoms with Gasteiger partial charge < -0.3 is 20.4 Å². The highest BCUT2D eigenvalue weighted by atomic mass is 19.1. The topological polar surface area (TPSA) is 110 Å². The standard InChI is InChI=1S/C23H25FN6O2/c1-14-9-15(3-6-27-14)23-29-20(13-32-23)22(31)28-19-10-16(12-26-2)18(25)11-21(19)30-7-4-17(24)5-8-30/h3,6,9-13,17H,4-5,7-8,25H2,1-2H3,(H,28,31). The molecule has 3 heterocycles. The van der Waals surface area contributed by atoms with Crippen molar-refractivity contribution < 1.29 is 13.6 Å². The molecule has 166 valence electrons. The van der Waals surface area contributed by atoms with Crippen LogP contribution >= 0.6 is 0 Å². The average Bonchev–Trinajstić information content (AvgIpc) is 3.27. The van der Waals surface area contributed by atoms with Crippen molar-refractivity contribution in [2.75, 3.05) is 36.1 Å². The Balaban J connectivity index is 1.62. The lowest BCUT2D eigenvalue weighted by atomic mass is 10.1. The van der Waals surface area contributed by atoms with Crippen LogP contribution in [0.3, 0.4) is 0 Å². The molecule has 0 aliphatic carbocycles. The summed E-state index contributed by atoms with van der Waals surface area (Å²) in [6.45, 7) is 2.95. The molecule has 0 radical (unpaired) electrons. The zero-order valence-corrected chi connectivity index (χ0v) is 18.0. The Hall–Kier alpha value is -3.75. The molecule has 1 saturated heterocycles. The van der Waals surface area contributed by atoms with Gasteiger partial charge in [-0.05, 0) is 44.0 Å².